The molecular weight excluding hydrogens is 312 g/mol. The van der Waals surface area contributed by atoms with Crippen LogP contribution in [0.15, 0.2) is 0 Å². The van der Waals surface area contributed by atoms with Crippen LogP contribution in [-0.4, -0.2) is 35.3 Å². The van der Waals surface area contributed by atoms with Crippen LogP contribution in [0.5, 0.6) is 0 Å². The number of Topliss-reactive ketones (excluding diaryl/α,β-unsaturated/α-hetero) is 1. The summed E-state index contributed by atoms with van der Waals surface area (Å²) in [5.74, 6) is -3.20. The molecule has 2 rings (SSSR count). The molecule has 3 amide bonds. The fourth-order valence-electron chi connectivity index (χ4n) is 3.41. The molecular formula is C17H26N2O5. The van der Waals surface area contributed by atoms with Crippen LogP contribution in [-0.2, 0) is 19.1 Å². The molecule has 1 heterocycles. The molecule has 0 radical (unpaired) electrons. The van der Waals surface area contributed by atoms with Crippen LogP contribution in [0.4, 0.5) is 4.79 Å². The van der Waals surface area contributed by atoms with Gasteiger partial charge in [-0.1, -0.05) is 19.8 Å². The van der Waals surface area contributed by atoms with E-state index in [1.165, 1.54) is 0 Å². The summed E-state index contributed by atoms with van der Waals surface area (Å²) in [4.78, 5) is 48.7. The molecule has 1 saturated carbocycles. The van der Waals surface area contributed by atoms with E-state index in [1.807, 2.05) is 0 Å². The maximum absolute atomic E-state index is 12.9. The first-order valence-electron chi connectivity index (χ1n) is 8.48. The van der Waals surface area contributed by atoms with Crippen LogP contribution in [0.3, 0.4) is 0 Å². The van der Waals surface area contributed by atoms with Crippen LogP contribution in [0, 0.1) is 17.8 Å². The van der Waals surface area contributed by atoms with Crippen molar-refractivity contribution in [2.24, 2.45) is 17.8 Å². The van der Waals surface area contributed by atoms with Crippen molar-refractivity contribution in [2.45, 2.75) is 65.0 Å². The summed E-state index contributed by atoms with van der Waals surface area (Å²) in [6.07, 6.45) is 2.90. The average Bonchev–Trinajstić information content (AvgIpc) is 3.03. The van der Waals surface area contributed by atoms with Crippen molar-refractivity contribution in [3.05, 3.63) is 0 Å². The van der Waals surface area contributed by atoms with Gasteiger partial charge in [-0.2, -0.15) is 0 Å². The van der Waals surface area contributed by atoms with Gasteiger partial charge in [0, 0.05) is 0 Å². The second-order valence-corrected chi connectivity index (χ2v) is 7.69. The Morgan fingerprint density at radius 2 is 1.75 bits per heavy atom. The summed E-state index contributed by atoms with van der Waals surface area (Å²) in [5.41, 5.74) is -0.679. The zero-order valence-electron chi connectivity index (χ0n) is 14.7. The van der Waals surface area contributed by atoms with E-state index in [1.54, 1.807) is 27.7 Å². The highest BCUT2D eigenvalue weighted by atomic mass is 16.6. The van der Waals surface area contributed by atoms with Gasteiger partial charge in [-0.05, 0) is 39.5 Å². The summed E-state index contributed by atoms with van der Waals surface area (Å²) in [7, 11) is 0. The molecule has 134 valence electrons. The Labute approximate surface area is 141 Å². The predicted molar refractivity (Wildman–Crippen MR) is 85.9 cm³/mol. The third kappa shape index (κ3) is 4.13. The van der Waals surface area contributed by atoms with Crippen LogP contribution >= 0.6 is 0 Å². The highest BCUT2D eigenvalue weighted by Gasteiger charge is 2.47. The van der Waals surface area contributed by atoms with E-state index >= 15 is 0 Å². The Hall–Kier alpha value is -1.92. The van der Waals surface area contributed by atoms with Crippen molar-refractivity contribution in [3.63, 3.8) is 0 Å². The van der Waals surface area contributed by atoms with E-state index in [4.69, 9.17) is 4.74 Å². The SMILES string of the molecule is C[C@@H]1C(=O)NC(=O)[C@H]1C(=O)[C@@H](NC(=O)OC(C)(C)C)C1CCCC1. The fourth-order valence-corrected chi connectivity index (χ4v) is 3.41. The van der Waals surface area contributed by atoms with Crippen LogP contribution in [0.1, 0.15) is 53.4 Å². The topological polar surface area (TPSA) is 102 Å². The van der Waals surface area contributed by atoms with E-state index in [-0.39, 0.29) is 5.92 Å². The Bertz CT molecular complexity index is 546. The number of imide groups is 1. The summed E-state index contributed by atoms with van der Waals surface area (Å²) < 4.78 is 5.25. The smallest absolute Gasteiger partial charge is 0.408 e. The molecule has 0 spiro atoms. The number of hydrogen-bond donors (Lipinski definition) is 2. The molecule has 0 aromatic heterocycles. The van der Waals surface area contributed by atoms with Crippen molar-refractivity contribution in [1.29, 1.82) is 0 Å². The highest BCUT2D eigenvalue weighted by molar-refractivity contribution is 6.16. The highest BCUT2D eigenvalue weighted by Crippen LogP contribution is 2.31. The molecule has 0 bridgehead atoms. The second kappa shape index (κ2) is 6.91. The van der Waals surface area contributed by atoms with E-state index in [9.17, 15) is 19.2 Å². The molecule has 1 aliphatic carbocycles. The molecule has 0 unspecified atom stereocenters. The monoisotopic (exact) mass is 338 g/mol. The standard InChI is InChI=1S/C17H26N2O5/c1-9-11(15(22)19-14(9)21)13(20)12(10-7-5-6-8-10)18-16(23)24-17(2,3)4/h9-12H,5-8H2,1-4H3,(H,18,23)(H,19,21,22)/t9-,11+,12-/m0/s1. The lowest BCUT2D eigenvalue weighted by molar-refractivity contribution is -0.135. The average molecular weight is 338 g/mol. The molecule has 3 atom stereocenters. The first kappa shape index (κ1) is 18.4. The number of hydrogen-bond acceptors (Lipinski definition) is 5. The number of ketones is 1. The van der Waals surface area contributed by atoms with Crippen LogP contribution in [0.25, 0.3) is 0 Å². The number of amides is 3. The summed E-state index contributed by atoms with van der Waals surface area (Å²) in [6.45, 7) is 6.78. The van der Waals surface area contributed by atoms with Crippen LogP contribution in [0.2, 0.25) is 0 Å². The second-order valence-electron chi connectivity index (χ2n) is 7.69. The first-order chi connectivity index (χ1) is 11.1. The molecule has 24 heavy (non-hydrogen) atoms. The minimum Gasteiger partial charge on any atom is -0.444 e. The normalized spacial score (nSPS) is 26.2. The van der Waals surface area contributed by atoms with Gasteiger partial charge >= 0.3 is 6.09 Å². The van der Waals surface area contributed by atoms with E-state index in [0.29, 0.717) is 0 Å². The molecule has 2 fully saturated rings. The van der Waals surface area contributed by atoms with Crippen molar-refractivity contribution < 1.29 is 23.9 Å². The minimum absolute atomic E-state index is 0.0271. The molecule has 1 aliphatic heterocycles. The zero-order valence-corrected chi connectivity index (χ0v) is 14.7. The number of alkyl carbamates (subject to hydrolysis) is 1. The van der Waals surface area contributed by atoms with Gasteiger partial charge in [0.15, 0.2) is 5.78 Å². The zero-order chi connectivity index (χ0) is 18.1. The molecule has 2 N–H and O–H groups in total. The van der Waals surface area contributed by atoms with Crippen molar-refractivity contribution in [3.8, 4) is 0 Å². The molecule has 2 aliphatic rings. The van der Waals surface area contributed by atoms with Gasteiger partial charge in [-0.25, -0.2) is 4.79 Å². The Kier molecular flexibility index (Phi) is 5.30. The maximum Gasteiger partial charge on any atom is 0.408 e. The summed E-state index contributed by atoms with van der Waals surface area (Å²) >= 11 is 0. The van der Waals surface area contributed by atoms with Crippen molar-refractivity contribution >= 4 is 23.7 Å². The van der Waals surface area contributed by atoms with Gasteiger partial charge in [-0.3, -0.25) is 19.7 Å². The van der Waals surface area contributed by atoms with Crippen LogP contribution < -0.4 is 10.6 Å². The largest absolute Gasteiger partial charge is 0.444 e. The Morgan fingerprint density at radius 3 is 2.21 bits per heavy atom. The summed E-state index contributed by atoms with van der Waals surface area (Å²) in [6, 6.07) is -0.800. The lowest BCUT2D eigenvalue weighted by Crippen LogP contribution is -2.50. The third-order valence-corrected chi connectivity index (χ3v) is 4.60. The van der Waals surface area contributed by atoms with Gasteiger partial charge in [0.05, 0.1) is 12.0 Å². The lowest BCUT2D eigenvalue weighted by atomic mass is 9.83. The van der Waals surface area contributed by atoms with Gasteiger partial charge < -0.3 is 10.1 Å². The quantitative estimate of drug-likeness (QED) is 0.598. The minimum atomic E-state index is -1.04. The van der Waals surface area contributed by atoms with Gasteiger partial charge in [0.2, 0.25) is 11.8 Å². The number of rotatable bonds is 4. The Morgan fingerprint density at radius 1 is 1.17 bits per heavy atom. The number of carbonyl (C=O) groups is 4. The van der Waals surface area contributed by atoms with Gasteiger partial charge in [0.1, 0.15) is 11.5 Å². The van der Waals surface area contributed by atoms with Crippen molar-refractivity contribution in [2.75, 3.05) is 0 Å². The third-order valence-electron chi connectivity index (χ3n) is 4.60. The molecule has 1 saturated heterocycles. The van der Waals surface area contributed by atoms with E-state index in [0.717, 1.165) is 25.7 Å². The van der Waals surface area contributed by atoms with E-state index < -0.39 is 47.2 Å². The fraction of sp³-hybridized carbons (Fsp3) is 0.765. The molecule has 7 heteroatoms. The number of nitrogens with one attached hydrogen (secondary N) is 2. The molecule has 0 aromatic rings. The predicted octanol–water partition coefficient (Wildman–Crippen LogP) is 1.55. The van der Waals surface area contributed by atoms with Gasteiger partial charge in [0.25, 0.3) is 0 Å². The first-order valence-corrected chi connectivity index (χ1v) is 8.48. The van der Waals surface area contributed by atoms with Gasteiger partial charge in [-0.15, -0.1) is 0 Å². The molecule has 0 aromatic carbocycles. The summed E-state index contributed by atoms with van der Waals surface area (Å²) in [5, 5.41) is 4.84. The van der Waals surface area contributed by atoms with Crippen molar-refractivity contribution in [1.82, 2.24) is 10.6 Å². The van der Waals surface area contributed by atoms with E-state index in [2.05, 4.69) is 10.6 Å². The lowest BCUT2D eigenvalue weighted by Gasteiger charge is -2.28. The Balaban J connectivity index is 2.16. The number of ether oxygens (including phenoxy) is 1. The maximum atomic E-state index is 12.9. The number of carbonyl (C=O) groups excluding carboxylic acids is 4. The molecule has 7 nitrogen and oxygen atoms in total.